The average molecular weight is 208 g/mol. The van der Waals surface area contributed by atoms with Crippen molar-refractivity contribution in [3.63, 3.8) is 0 Å². The fourth-order valence-corrected chi connectivity index (χ4v) is 1.09. The maximum atomic E-state index is 12.9. The molecule has 0 aliphatic carbocycles. The topological polar surface area (TPSA) is 20.2 Å². The molecule has 1 aromatic carbocycles. The van der Waals surface area contributed by atoms with Crippen LogP contribution in [0.4, 0.5) is 17.6 Å². The van der Waals surface area contributed by atoms with Crippen LogP contribution >= 0.6 is 0 Å². The predicted octanol–water partition coefficient (Wildman–Crippen LogP) is 2.69. The molecule has 1 nitrogen and oxygen atoms in total. The van der Waals surface area contributed by atoms with Crippen LogP contribution in [0.5, 0.6) is 0 Å². The summed E-state index contributed by atoms with van der Waals surface area (Å²) in [5.74, 6) is -6.10. The second-order valence-electron chi connectivity index (χ2n) is 2.81. The quantitative estimate of drug-likeness (QED) is 0.585. The summed E-state index contributed by atoms with van der Waals surface area (Å²) in [5, 5.41) is 9.13. The molecule has 0 bridgehead atoms. The first kappa shape index (κ1) is 11.0. The summed E-state index contributed by atoms with van der Waals surface area (Å²) in [6.45, 7) is 1.44. The van der Waals surface area contributed by atoms with E-state index in [0.717, 1.165) is 0 Å². The van der Waals surface area contributed by atoms with Gasteiger partial charge in [0.05, 0.1) is 11.7 Å². The van der Waals surface area contributed by atoms with Crippen molar-refractivity contribution in [1.29, 1.82) is 0 Å². The van der Waals surface area contributed by atoms with Crippen LogP contribution < -0.4 is 0 Å². The van der Waals surface area contributed by atoms with Gasteiger partial charge in [0, 0.05) is 6.07 Å². The minimum Gasteiger partial charge on any atom is -0.388 e. The Balaban J connectivity index is 3.39. The Hall–Kier alpha value is -1.10. The van der Waals surface area contributed by atoms with Gasteiger partial charge >= 0.3 is 0 Å². The lowest BCUT2D eigenvalue weighted by Crippen LogP contribution is -2.07. The number of aliphatic hydroxyl groups is 1. The van der Waals surface area contributed by atoms with Crippen LogP contribution in [0.2, 0.25) is 0 Å². The molecule has 0 spiro atoms. The smallest absolute Gasteiger partial charge is 0.167 e. The van der Waals surface area contributed by atoms with E-state index >= 15 is 0 Å². The lowest BCUT2D eigenvalue weighted by molar-refractivity contribution is 0.160. The van der Waals surface area contributed by atoms with Gasteiger partial charge in [-0.1, -0.05) is 6.92 Å². The highest BCUT2D eigenvalue weighted by atomic mass is 19.2. The van der Waals surface area contributed by atoms with Crippen molar-refractivity contribution in [2.45, 2.75) is 19.4 Å². The van der Waals surface area contributed by atoms with Crippen LogP contribution in [0, 0.1) is 23.3 Å². The molecule has 0 saturated carbocycles. The molecule has 1 N–H and O–H groups in total. The molecule has 0 fully saturated rings. The predicted molar refractivity (Wildman–Crippen MR) is 41.5 cm³/mol. The molecule has 1 aromatic rings. The Morgan fingerprint density at radius 2 is 1.57 bits per heavy atom. The molecule has 78 valence electrons. The summed E-state index contributed by atoms with van der Waals surface area (Å²) >= 11 is 0. The summed E-state index contributed by atoms with van der Waals surface area (Å²) in [4.78, 5) is 0. The highest BCUT2D eigenvalue weighted by Gasteiger charge is 2.23. The second-order valence-corrected chi connectivity index (χ2v) is 2.81. The van der Waals surface area contributed by atoms with Crippen LogP contribution in [-0.2, 0) is 0 Å². The minimum atomic E-state index is -1.54. The van der Waals surface area contributed by atoms with Crippen molar-refractivity contribution < 1.29 is 22.7 Å². The summed E-state index contributed by atoms with van der Waals surface area (Å²) < 4.78 is 51.1. The van der Waals surface area contributed by atoms with E-state index in [-0.39, 0.29) is 12.5 Å². The zero-order valence-corrected chi connectivity index (χ0v) is 7.32. The van der Waals surface area contributed by atoms with Gasteiger partial charge in [0.25, 0.3) is 0 Å². The summed E-state index contributed by atoms with van der Waals surface area (Å²) in [5.41, 5.74) is -0.954. The Bertz CT molecular complexity index is 325. The molecule has 0 aliphatic heterocycles. The van der Waals surface area contributed by atoms with Crippen molar-refractivity contribution in [3.05, 3.63) is 34.9 Å². The number of aliphatic hydroxyl groups excluding tert-OH is 1. The minimum absolute atomic E-state index is 0.0310. The van der Waals surface area contributed by atoms with Crippen LogP contribution in [0.25, 0.3) is 0 Å². The van der Waals surface area contributed by atoms with E-state index in [4.69, 9.17) is 5.11 Å². The Morgan fingerprint density at radius 1 is 1.14 bits per heavy atom. The van der Waals surface area contributed by atoms with Crippen molar-refractivity contribution in [2.75, 3.05) is 0 Å². The Kier molecular flexibility index (Phi) is 3.10. The number of hydrogen-bond donors (Lipinski definition) is 1. The van der Waals surface area contributed by atoms with E-state index in [2.05, 4.69) is 0 Å². The first-order valence-corrected chi connectivity index (χ1v) is 4.00. The third kappa shape index (κ3) is 1.72. The van der Waals surface area contributed by atoms with E-state index in [1.165, 1.54) is 6.92 Å². The maximum Gasteiger partial charge on any atom is 0.167 e. The summed E-state index contributed by atoms with van der Waals surface area (Å²) in [7, 11) is 0. The number of rotatable bonds is 2. The van der Waals surface area contributed by atoms with Crippen LogP contribution in [0.1, 0.15) is 25.0 Å². The van der Waals surface area contributed by atoms with Gasteiger partial charge in [-0.25, -0.2) is 17.6 Å². The second kappa shape index (κ2) is 3.96. The molecule has 0 aliphatic rings. The molecule has 5 heteroatoms. The highest BCUT2D eigenvalue weighted by Crippen LogP contribution is 2.26. The van der Waals surface area contributed by atoms with E-state index < -0.39 is 34.9 Å². The number of halogens is 4. The SMILES string of the molecule is CC[C@H](O)c1c(F)c(F)cc(F)c1F. The van der Waals surface area contributed by atoms with Gasteiger partial charge in [-0.3, -0.25) is 0 Å². The lowest BCUT2D eigenvalue weighted by Gasteiger charge is -2.11. The molecule has 0 saturated heterocycles. The molecule has 1 atom stereocenters. The zero-order valence-electron chi connectivity index (χ0n) is 7.32. The van der Waals surface area contributed by atoms with Gasteiger partial charge in [-0.05, 0) is 6.42 Å². The van der Waals surface area contributed by atoms with E-state index in [0.29, 0.717) is 0 Å². The fourth-order valence-electron chi connectivity index (χ4n) is 1.09. The lowest BCUT2D eigenvalue weighted by atomic mass is 10.1. The van der Waals surface area contributed by atoms with Crippen molar-refractivity contribution in [2.24, 2.45) is 0 Å². The number of benzene rings is 1. The molecule has 0 heterocycles. The standard InChI is InChI=1S/C9H8F4O/c1-2-6(14)7-8(12)4(10)3-5(11)9(7)13/h3,6,14H,2H2,1H3/t6-/m0/s1. The van der Waals surface area contributed by atoms with Crippen molar-refractivity contribution >= 4 is 0 Å². The first-order valence-electron chi connectivity index (χ1n) is 4.00. The van der Waals surface area contributed by atoms with E-state index in [1.807, 2.05) is 0 Å². The third-order valence-corrected chi connectivity index (χ3v) is 1.87. The van der Waals surface area contributed by atoms with Gasteiger partial charge in [-0.15, -0.1) is 0 Å². The third-order valence-electron chi connectivity index (χ3n) is 1.87. The average Bonchev–Trinajstić information content (AvgIpc) is 2.15. The van der Waals surface area contributed by atoms with Gasteiger partial charge < -0.3 is 5.11 Å². The molecular weight excluding hydrogens is 200 g/mol. The van der Waals surface area contributed by atoms with Gasteiger partial charge in [0.2, 0.25) is 0 Å². The summed E-state index contributed by atoms with van der Waals surface area (Å²) in [6, 6.07) is 0.108. The largest absolute Gasteiger partial charge is 0.388 e. The van der Waals surface area contributed by atoms with Gasteiger partial charge in [-0.2, -0.15) is 0 Å². The van der Waals surface area contributed by atoms with Gasteiger partial charge in [0.15, 0.2) is 23.3 Å². The van der Waals surface area contributed by atoms with E-state index in [1.54, 1.807) is 0 Å². The van der Waals surface area contributed by atoms with Crippen LogP contribution in [-0.4, -0.2) is 5.11 Å². The molecule has 14 heavy (non-hydrogen) atoms. The Labute approximate surface area is 78.0 Å². The van der Waals surface area contributed by atoms with Crippen LogP contribution in [0.15, 0.2) is 6.07 Å². The van der Waals surface area contributed by atoms with Crippen molar-refractivity contribution in [1.82, 2.24) is 0 Å². The monoisotopic (exact) mass is 208 g/mol. The number of hydrogen-bond acceptors (Lipinski definition) is 1. The van der Waals surface area contributed by atoms with E-state index in [9.17, 15) is 17.6 Å². The molecule has 1 rings (SSSR count). The molecule has 0 aromatic heterocycles. The summed E-state index contributed by atoms with van der Waals surface area (Å²) in [6.07, 6.45) is -1.57. The molecular formula is C9H8F4O. The normalized spacial score (nSPS) is 13.0. The zero-order chi connectivity index (χ0) is 10.9. The first-order chi connectivity index (χ1) is 6.49. The maximum absolute atomic E-state index is 12.9. The van der Waals surface area contributed by atoms with Crippen molar-refractivity contribution in [3.8, 4) is 0 Å². The van der Waals surface area contributed by atoms with Crippen LogP contribution in [0.3, 0.4) is 0 Å². The molecule has 0 unspecified atom stereocenters. The molecule has 0 amide bonds. The van der Waals surface area contributed by atoms with Gasteiger partial charge in [0.1, 0.15) is 0 Å². The fraction of sp³-hybridized carbons (Fsp3) is 0.333. The highest BCUT2D eigenvalue weighted by molar-refractivity contribution is 5.24. The Morgan fingerprint density at radius 3 is 1.93 bits per heavy atom. The molecule has 0 radical (unpaired) electrons.